The Morgan fingerprint density at radius 2 is 1.91 bits per heavy atom. The Hall–Kier alpha value is -2.47. The molecule has 0 spiro atoms. The zero-order valence-corrected chi connectivity index (χ0v) is 12.9. The number of fused-ring (bicyclic) bond motifs is 1. The molecule has 6 heteroatoms. The molecule has 0 bridgehead atoms. The van der Waals surface area contributed by atoms with Gasteiger partial charge in [-0.05, 0) is 36.6 Å². The molecule has 112 valence electrons. The lowest BCUT2D eigenvalue weighted by Crippen LogP contribution is -2.26. The summed E-state index contributed by atoms with van der Waals surface area (Å²) in [5.74, 6) is -0.974. The number of nitrogens with zero attached hydrogens (tertiary/aromatic N) is 1. The van der Waals surface area contributed by atoms with Crippen LogP contribution in [-0.2, 0) is 0 Å². The third-order valence-electron chi connectivity index (χ3n) is 3.67. The minimum Gasteiger partial charge on any atom is -0.345 e. The maximum Gasteiger partial charge on any atom is 0.261 e. The third kappa shape index (κ3) is 2.31. The minimum atomic E-state index is -0.374. The maximum absolute atomic E-state index is 12.3. The summed E-state index contributed by atoms with van der Waals surface area (Å²) in [5.41, 5.74) is 0.998. The van der Waals surface area contributed by atoms with E-state index in [-0.39, 0.29) is 29.3 Å². The molecule has 2 aromatic rings. The van der Waals surface area contributed by atoms with Crippen molar-refractivity contribution in [1.29, 1.82) is 0 Å². The zero-order valence-electron chi connectivity index (χ0n) is 12.1. The highest BCUT2D eigenvalue weighted by molar-refractivity contribution is 7.10. The SMILES string of the molecule is CC(NC(=O)c1ccc2c(c1)C(=O)N(C)C2=O)c1cccs1. The zero-order chi connectivity index (χ0) is 15.9. The van der Waals surface area contributed by atoms with Crippen molar-refractivity contribution in [3.05, 3.63) is 57.3 Å². The van der Waals surface area contributed by atoms with Crippen LogP contribution in [0.2, 0.25) is 0 Å². The van der Waals surface area contributed by atoms with E-state index < -0.39 is 0 Å². The molecule has 1 aliphatic heterocycles. The molecular formula is C16H14N2O3S. The Morgan fingerprint density at radius 1 is 1.18 bits per heavy atom. The minimum absolute atomic E-state index is 0.110. The van der Waals surface area contributed by atoms with Crippen molar-refractivity contribution in [2.24, 2.45) is 0 Å². The summed E-state index contributed by atoms with van der Waals surface area (Å²) in [4.78, 5) is 38.2. The first kappa shape index (κ1) is 14.5. The van der Waals surface area contributed by atoms with E-state index in [1.54, 1.807) is 17.4 Å². The Kier molecular flexibility index (Phi) is 3.54. The second-order valence-corrected chi connectivity index (χ2v) is 6.12. The van der Waals surface area contributed by atoms with Crippen molar-refractivity contribution in [1.82, 2.24) is 10.2 Å². The number of amides is 3. The average molecular weight is 314 g/mol. The number of hydrogen-bond acceptors (Lipinski definition) is 4. The van der Waals surface area contributed by atoms with Crippen molar-refractivity contribution in [2.75, 3.05) is 7.05 Å². The van der Waals surface area contributed by atoms with Crippen LogP contribution in [0.15, 0.2) is 35.7 Å². The number of imide groups is 1. The predicted octanol–water partition coefficient (Wildman–Crippen LogP) is 2.46. The van der Waals surface area contributed by atoms with Crippen LogP contribution in [0.5, 0.6) is 0 Å². The van der Waals surface area contributed by atoms with Crippen LogP contribution in [0, 0.1) is 0 Å². The molecule has 22 heavy (non-hydrogen) atoms. The van der Waals surface area contributed by atoms with Gasteiger partial charge in [0.15, 0.2) is 0 Å². The van der Waals surface area contributed by atoms with Crippen molar-refractivity contribution < 1.29 is 14.4 Å². The molecule has 0 aliphatic carbocycles. The molecule has 1 unspecified atom stereocenters. The van der Waals surface area contributed by atoms with Crippen LogP contribution < -0.4 is 5.32 Å². The van der Waals surface area contributed by atoms with Crippen molar-refractivity contribution in [2.45, 2.75) is 13.0 Å². The van der Waals surface area contributed by atoms with Crippen molar-refractivity contribution in [3.63, 3.8) is 0 Å². The van der Waals surface area contributed by atoms with Gasteiger partial charge in [-0.15, -0.1) is 11.3 Å². The lowest BCUT2D eigenvalue weighted by Gasteiger charge is -2.12. The monoisotopic (exact) mass is 314 g/mol. The summed E-state index contributed by atoms with van der Waals surface area (Å²) in [6.45, 7) is 1.90. The quantitative estimate of drug-likeness (QED) is 0.885. The number of carbonyl (C=O) groups excluding carboxylic acids is 3. The molecule has 0 radical (unpaired) electrons. The van der Waals surface area contributed by atoms with E-state index in [0.29, 0.717) is 11.1 Å². The first-order chi connectivity index (χ1) is 10.5. The van der Waals surface area contributed by atoms with Gasteiger partial charge in [0, 0.05) is 17.5 Å². The summed E-state index contributed by atoms with van der Waals surface area (Å²) in [6.07, 6.45) is 0. The number of carbonyl (C=O) groups is 3. The number of benzene rings is 1. The average Bonchev–Trinajstić information content (AvgIpc) is 3.12. The molecule has 1 atom stereocenters. The van der Waals surface area contributed by atoms with E-state index in [2.05, 4.69) is 5.32 Å². The molecule has 0 saturated heterocycles. The summed E-state index contributed by atoms with van der Waals surface area (Å²) >= 11 is 1.57. The van der Waals surface area contributed by atoms with Gasteiger partial charge in [-0.25, -0.2) is 0 Å². The van der Waals surface area contributed by atoms with Gasteiger partial charge >= 0.3 is 0 Å². The third-order valence-corrected chi connectivity index (χ3v) is 4.72. The van der Waals surface area contributed by atoms with E-state index in [1.165, 1.54) is 19.2 Å². The first-order valence-corrected chi connectivity index (χ1v) is 7.67. The smallest absolute Gasteiger partial charge is 0.261 e. The van der Waals surface area contributed by atoms with Gasteiger partial charge in [0.2, 0.25) is 0 Å². The molecule has 1 aromatic carbocycles. The van der Waals surface area contributed by atoms with E-state index in [9.17, 15) is 14.4 Å². The number of thiophene rings is 1. The molecule has 2 heterocycles. The van der Waals surface area contributed by atoms with E-state index in [0.717, 1.165) is 9.78 Å². The largest absolute Gasteiger partial charge is 0.345 e. The number of rotatable bonds is 3. The molecule has 0 saturated carbocycles. The normalized spacial score (nSPS) is 14.9. The second kappa shape index (κ2) is 5.38. The summed E-state index contributed by atoms with van der Waals surface area (Å²) < 4.78 is 0. The molecular weight excluding hydrogens is 300 g/mol. The Bertz CT molecular complexity index is 768. The Balaban J connectivity index is 1.83. The van der Waals surface area contributed by atoms with Gasteiger partial charge in [0.05, 0.1) is 17.2 Å². The fraction of sp³-hybridized carbons (Fsp3) is 0.188. The molecule has 5 nitrogen and oxygen atoms in total. The first-order valence-electron chi connectivity index (χ1n) is 6.79. The van der Waals surface area contributed by atoms with Gasteiger partial charge in [-0.3, -0.25) is 19.3 Å². The van der Waals surface area contributed by atoms with Crippen LogP contribution in [0.25, 0.3) is 0 Å². The second-order valence-electron chi connectivity index (χ2n) is 5.14. The van der Waals surface area contributed by atoms with Gasteiger partial charge < -0.3 is 5.32 Å². The van der Waals surface area contributed by atoms with E-state index in [4.69, 9.17) is 0 Å². The summed E-state index contributed by atoms with van der Waals surface area (Å²) in [6, 6.07) is 8.35. The van der Waals surface area contributed by atoms with Crippen LogP contribution in [-0.4, -0.2) is 29.7 Å². The van der Waals surface area contributed by atoms with Crippen LogP contribution in [0.1, 0.15) is 48.9 Å². The van der Waals surface area contributed by atoms with Crippen LogP contribution in [0.3, 0.4) is 0 Å². The van der Waals surface area contributed by atoms with Gasteiger partial charge in [0.25, 0.3) is 17.7 Å². The van der Waals surface area contributed by atoms with Crippen LogP contribution >= 0.6 is 11.3 Å². The van der Waals surface area contributed by atoms with E-state index >= 15 is 0 Å². The number of nitrogens with one attached hydrogen (secondary N) is 1. The Morgan fingerprint density at radius 3 is 2.59 bits per heavy atom. The molecule has 3 amide bonds. The molecule has 1 N–H and O–H groups in total. The fourth-order valence-electron chi connectivity index (χ4n) is 2.39. The molecule has 0 fully saturated rings. The van der Waals surface area contributed by atoms with E-state index in [1.807, 2.05) is 24.4 Å². The van der Waals surface area contributed by atoms with Gasteiger partial charge in [0.1, 0.15) is 0 Å². The lowest BCUT2D eigenvalue weighted by atomic mass is 10.0. The molecule has 3 rings (SSSR count). The lowest BCUT2D eigenvalue weighted by molar-refractivity contribution is 0.0693. The molecule has 1 aliphatic rings. The highest BCUT2D eigenvalue weighted by Gasteiger charge is 2.33. The van der Waals surface area contributed by atoms with Crippen molar-refractivity contribution in [3.8, 4) is 0 Å². The van der Waals surface area contributed by atoms with Gasteiger partial charge in [-0.1, -0.05) is 6.07 Å². The number of hydrogen-bond donors (Lipinski definition) is 1. The summed E-state index contributed by atoms with van der Waals surface area (Å²) in [5, 5.41) is 4.84. The maximum atomic E-state index is 12.3. The molecule has 1 aromatic heterocycles. The summed E-state index contributed by atoms with van der Waals surface area (Å²) in [7, 11) is 1.43. The topological polar surface area (TPSA) is 66.5 Å². The van der Waals surface area contributed by atoms with Crippen LogP contribution in [0.4, 0.5) is 0 Å². The predicted molar refractivity (Wildman–Crippen MR) is 83.1 cm³/mol. The fourth-order valence-corrected chi connectivity index (χ4v) is 3.13. The van der Waals surface area contributed by atoms with Gasteiger partial charge in [-0.2, -0.15) is 0 Å². The van der Waals surface area contributed by atoms with Crippen molar-refractivity contribution >= 4 is 29.1 Å². The highest BCUT2D eigenvalue weighted by Crippen LogP contribution is 2.23. The highest BCUT2D eigenvalue weighted by atomic mass is 32.1. The Labute approximate surface area is 131 Å². The standard InChI is InChI=1S/C16H14N2O3S/c1-9(13-4-3-7-22-13)17-14(19)10-5-6-11-12(8-10)16(21)18(2)15(11)20/h3-9H,1-2H3,(H,17,19).